The summed E-state index contributed by atoms with van der Waals surface area (Å²) in [6.45, 7) is 0. The van der Waals surface area contributed by atoms with Gasteiger partial charge in [-0.3, -0.25) is 14.2 Å². The first-order valence-corrected chi connectivity index (χ1v) is 5.21. The first-order chi connectivity index (χ1) is 5.96. The summed E-state index contributed by atoms with van der Waals surface area (Å²) < 4.78 is 17.5. The molecule has 0 atom stereocenters. The average Bonchev–Trinajstić information content (AvgIpc) is 2.35. The third kappa shape index (κ3) is 51.7. The van der Waals surface area contributed by atoms with E-state index in [1.807, 2.05) is 0 Å². The molecule has 0 aromatic carbocycles. The molecule has 1 aromatic rings. The highest BCUT2D eigenvalue weighted by Gasteiger charge is 1.62. The molecular formula is C2H9N3O6P2. The molecule has 5 N–H and O–H groups in total. The summed E-state index contributed by atoms with van der Waals surface area (Å²) in [5, 5.41) is 9.26. The van der Waals surface area contributed by atoms with Gasteiger partial charge >= 0.3 is 16.5 Å². The minimum atomic E-state index is -3.13. The fourth-order valence-electron chi connectivity index (χ4n) is 0.167. The molecule has 11 heteroatoms. The van der Waals surface area contributed by atoms with Gasteiger partial charge in [0.2, 0.25) is 0 Å². The molecule has 0 radical (unpaired) electrons. The zero-order valence-electron chi connectivity index (χ0n) is 6.15. The highest BCUT2D eigenvalue weighted by Crippen LogP contribution is 1.98. The Balaban J connectivity index is 0. The normalized spacial score (nSPS) is 8.46. The molecule has 1 rings (SSSR count). The van der Waals surface area contributed by atoms with E-state index in [4.69, 9.17) is 28.7 Å². The van der Waals surface area contributed by atoms with Crippen LogP contribution in [0.15, 0.2) is 12.4 Å². The monoisotopic (exact) mass is 233 g/mol. The van der Waals surface area contributed by atoms with Crippen molar-refractivity contribution in [3.8, 4) is 0 Å². The van der Waals surface area contributed by atoms with E-state index >= 15 is 0 Å². The van der Waals surface area contributed by atoms with Gasteiger partial charge in [0.05, 0.1) is 6.20 Å². The number of H-pyrrole nitrogens is 1. The van der Waals surface area contributed by atoms with Gasteiger partial charge in [0.15, 0.2) is 0 Å². The lowest BCUT2D eigenvalue weighted by atomic mass is 11.0. The number of nitrogens with one attached hydrogen (secondary N) is 1. The van der Waals surface area contributed by atoms with E-state index in [-0.39, 0.29) is 0 Å². The fraction of sp³-hybridized carbons (Fsp3) is 0. The number of hydrogen-bond donors (Lipinski definition) is 5. The maximum atomic E-state index is 8.74. The van der Waals surface area contributed by atoms with Gasteiger partial charge in [-0.05, 0) is 0 Å². The SMILES string of the molecule is O=[PH](O)O.O=[PH](O)O.c1c[nH]nn1. The second-order valence-electron chi connectivity index (χ2n) is 1.23. The molecular weight excluding hydrogens is 224 g/mol. The number of nitrogens with zero attached hydrogens (tertiary/aromatic N) is 2. The lowest BCUT2D eigenvalue weighted by Crippen LogP contribution is -1.61. The van der Waals surface area contributed by atoms with Gasteiger partial charge in [-0.2, -0.15) is 0 Å². The van der Waals surface area contributed by atoms with Crippen LogP contribution in [-0.2, 0) is 9.13 Å². The summed E-state index contributed by atoms with van der Waals surface area (Å²) in [5.41, 5.74) is 0. The Bertz CT molecular complexity index is 189. The number of hydrogen-bond acceptors (Lipinski definition) is 4. The van der Waals surface area contributed by atoms with Gasteiger partial charge in [-0.1, -0.05) is 5.21 Å². The number of rotatable bonds is 0. The molecule has 0 spiro atoms. The third-order valence-corrected chi connectivity index (χ3v) is 0.331. The van der Waals surface area contributed by atoms with E-state index in [0.717, 1.165) is 0 Å². The van der Waals surface area contributed by atoms with Crippen molar-refractivity contribution in [1.29, 1.82) is 0 Å². The van der Waals surface area contributed by atoms with Gasteiger partial charge in [0.1, 0.15) is 0 Å². The van der Waals surface area contributed by atoms with Crippen LogP contribution in [-0.4, -0.2) is 35.0 Å². The predicted molar refractivity (Wildman–Crippen MR) is 43.3 cm³/mol. The van der Waals surface area contributed by atoms with Crippen LogP contribution in [0.5, 0.6) is 0 Å². The molecule has 1 heterocycles. The molecule has 0 amide bonds. The van der Waals surface area contributed by atoms with Gasteiger partial charge < -0.3 is 19.6 Å². The van der Waals surface area contributed by atoms with Crippen LogP contribution in [0, 0.1) is 0 Å². The van der Waals surface area contributed by atoms with E-state index in [1.165, 1.54) is 0 Å². The molecule has 0 aliphatic rings. The number of aromatic amines is 1. The van der Waals surface area contributed by atoms with Crippen LogP contribution in [0.4, 0.5) is 0 Å². The Morgan fingerprint density at radius 3 is 1.54 bits per heavy atom. The Morgan fingerprint density at radius 1 is 1.08 bits per heavy atom. The van der Waals surface area contributed by atoms with Gasteiger partial charge in [-0.25, -0.2) is 0 Å². The van der Waals surface area contributed by atoms with Crippen LogP contribution >= 0.6 is 16.5 Å². The minimum Gasteiger partial charge on any atom is -0.326 e. The van der Waals surface area contributed by atoms with Crippen molar-refractivity contribution in [3.63, 3.8) is 0 Å². The Hall–Kier alpha value is -0.560. The van der Waals surface area contributed by atoms with E-state index in [1.54, 1.807) is 12.4 Å². The Morgan fingerprint density at radius 2 is 1.46 bits per heavy atom. The number of aromatic nitrogens is 3. The first kappa shape index (κ1) is 14.9. The maximum Gasteiger partial charge on any atom is 0.314 e. The van der Waals surface area contributed by atoms with Crippen LogP contribution in [0.2, 0.25) is 0 Å². The van der Waals surface area contributed by atoms with Gasteiger partial charge in [-0.15, -0.1) is 5.10 Å². The molecule has 0 aliphatic heterocycles. The first-order valence-electron chi connectivity index (χ1n) is 2.61. The summed E-state index contributed by atoms with van der Waals surface area (Å²) in [7, 11) is -6.26. The molecule has 9 nitrogen and oxygen atoms in total. The molecule has 0 bridgehead atoms. The third-order valence-electron chi connectivity index (χ3n) is 0.331. The minimum absolute atomic E-state index is 1.58. The molecule has 13 heavy (non-hydrogen) atoms. The Kier molecular flexibility index (Phi) is 13.1. The van der Waals surface area contributed by atoms with Crippen molar-refractivity contribution in [2.24, 2.45) is 0 Å². The predicted octanol–water partition coefficient (Wildman–Crippen LogP) is -1.47. The summed E-state index contributed by atoms with van der Waals surface area (Å²) in [5.74, 6) is 0. The second kappa shape index (κ2) is 11.4. The summed E-state index contributed by atoms with van der Waals surface area (Å²) in [6, 6.07) is 0. The standard InChI is InChI=1S/C2H3N3.2H3O3P/c1-2-4-5-3-1;2*1-4(2)3/h1-2H,(H,3,4,5);2*4H,(H2,1,2,3). The summed E-state index contributed by atoms with van der Waals surface area (Å²) >= 11 is 0. The van der Waals surface area contributed by atoms with Crippen molar-refractivity contribution >= 4 is 16.5 Å². The fourth-order valence-corrected chi connectivity index (χ4v) is 0.167. The van der Waals surface area contributed by atoms with Crippen molar-refractivity contribution < 1.29 is 28.7 Å². The second-order valence-corrected chi connectivity index (χ2v) is 2.36. The molecule has 78 valence electrons. The molecule has 0 saturated heterocycles. The molecule has 1 aromatic heterocycles. The van der Waals surface area contributed by atoms with Gasteiger partial charge in [0, 0.05) is 6.20 Å². The van der Waals surface area contributed by atoms with Crippen LogP contribution in [0.25, 0.3) is 0 Å². The molecule has 0 saturated carbocycles. The van der Waals surface area contributed by atoms with Crippen LogP contribution in [0.1, 0.15) is 0 Å². The molecule has 0 unspecified atom stereocenters. The quantitative estimate of drug-likeness (QED) is 0.339. The largest absolute Gasteiger partial charge is 0.326 e. The smallest absolute Gasteiger partial charge is 0.314 e. The topological polar surface area (TPSA) is 157 Å². The lowest BCUT2D eigenvalue weighted by molar-refractivity contribution is 0.403. The molecule has 0 aliphatic carbocycles. The summed E-state index contributed by atoms with van der Waals surface area (Å²) in [6.07, 6.45) is 3.24. The van der Waals surface area contributed by atoms with E-state index in [9.17, 15) is 0 Å². The van der Waals surface area contributed by atoms with Gasteiger partial charge in [0.25, 0.3) is 0 Å². The van der Waals surface area contributed by atoms with Crippen LogP contribution in [0.3, 0.4) is 0 Å². The van der Waals surface area contributed by atoms with E-state index in [2.05, 4.69) is 15.4 Å². The summed E-state index contributed by atoms with van der Waals surface area (Å²) in [4.78, 5) is 28.6. The van der Waals surface area contributed by atoms with Crippen molar-refractivity contribution in [3.05, 3.63) is 12.4 Å². The lowest BCUT2D eigenvalue weighted by Gasteiger charge is -1.61. The highest BCUT2D eigenvalue weighted by atomic mass is 31.1. The van der Waals surface area contributed by atoms with Crippen molar-refractivity contribution in [2.75, 3.05) is 0 Å². The van der Waals surface area contributed by atoms with E-state index < -0.39 is 16.5 Å². The molecule has 0 fully saturated rings. The zero-order valence-corrected chi connectivity index (χ0v) is 8.15. The highest BCUT2D eigenvalue weighted by molar-refractivity contribution is 7.31. The Labute approximate surface area is 74.0 Å². The zero-order chi connectivity index (χ0) is 10.7. The van der Waals surface area contributed by atoms with E-state index in [0.29, 0.717) is 0 Å². The average molecular weight is 233 g/mol. The van der Waals surface area contributed by atoms with Crippen molar-refractivity contribution in [1.82, 2.24) is 15.4 Å². The van der Waals surface area contributed by atoms with Crippen LogP contribution < -0.4 is 0 Å². The maximum absolute atomic E-state index is 8.74. The van der Waals surface area contributed by atoms with Crippen molar-refractivity contribution in [2.45, 2.75) is 0 Å².